The Morgan fingerprint density at radius 3 is 2.52 bits per heavy atom. The van der Waals surface area contributed by atoms with E-state index in [9.17, 15) is 10.1 Å². The highest BCUT2D eigenvalue weighted by Crippen LogP contribution is 2.25. The summed E-state index contributed by atoms with van der Waals surface area (Å²) in [4.78, 5) is 17.3. The SMILES string of the molecule is CCNC(=NCc1ccccc1[N+](=O)[O-])N(C)Cc1ccc(OC)cc1OC.I. The van der Waals surface area contributed by atoms with Crippen LogP contribution in [0.2, 0.25) is 0 Å². The van der Waals surface area contributed by atoms with Crippen LogP contribution < -0.4 is 14.8 Å². The van der Waals surface area contributed by atoms with E-state index in [1.165, 1.54) is 6.07 Å². The van der Waals surface area contributed by atoms with Crippen LogP contribution >= 0.6 is 24.0 Å². The number of guanidine groups is 1. The van der Waals surface area contributed by atoms with Crippen LogP contribution in [-0.4, -0.2) is 43.6 Å². The molecule has 0 spiro atoms. The summed E-state index contributed by atoms with van der Waals surface area (Å²) in [5.41, 5.74) is 1.61. The van der Waals surface area contributed by atoms with Gasteiger partial charge in [0, 0.05) is 37.8 Å². The minimum atomic E-state index is -0.385. The Labute approximate surface area is 188 Å². The van der Waals surface area contributed by atoms with Crippen molar-refractivity contribution in [3.8, 4) is 11.5 Å². The number of rotatable bonds is 8. The van der Waals surface area contributed by atoms with Crippen LogP contribution in [0.4, 0.5) is 5.69 Å². The number of nitrogens with zero attached hydrogens (tertiary/aromatic N) is 3. The third-order valence-electron chi connectivity index (χ3n) is 4.19. The van der Waals surface area contributed by atoms with Crippen molar-refractivity contribution in [2.45, 2.75) is 20.0 Å². The fraction of sp³-hybridized carbons (Fsp3) is 0.350. The van der Waals surface area contributed by atoms with Crippen LogP contribution in [-0.2, 0) is 13.1 Å². The molecule has 0 aliphatic heterocycles. The van der Waals surface area contributed by atoms with E-state index in [-0.39, 0.29) is 41.1 Å². The molecule has 2 aromatic rings. The van der Waals surface area contributed by atoms with Crippen LogP contribution in [0.1, 0.15) is 18.1 Å². The molecule has 158 valence electrons. The minimum Gasteiger partial charge on any atom is -0.497 e. The highest BCUT2D eigenvalue weighted by Gasteiger charge is 2.14. The van der Waals surface area contributed by atoms with E-state index in [1.807, 2.05) is 37.1 Å². The number of ether oxygens (including phenoxy) is 2. The van der Waals surface area contributed by atoms with Crippen molar-refractivity contribution in [1.82, 2.24) is 10.2 Å². The third kappa shape index (κ3) is 6.77. The van der Waals surface area contributed by atoms with Gasteiger partial charge in [0.1, 0.15) is 11.5 Å². The molecule has 2 aromatic carbocycles. The summed E-state index contributed by atoms with van der Waals surface area (Å²) in [7, 11) is 5.13. The fourth-order valence-corrected chi connectivity index (χ4v) is 2.77. The Bertz CT molecular complexity index is 845. The van der Waals surface area contributed by atoms with Crippen LogP contribution in [0, 0.1) is 10.1 Å². The molecule has 9 heteroatoms. The lowest BCUT2D eigenvalue weighted by atomic mass is 10.2. The topological polar surface area (TPSA) is 89.2 Å². The second-order valence-corrected chi connectivity index (χ2v) is 6.09. The van der Waals surface area contributed by atoms with Gasteiger partial charge in [0.15, 0.2) is 5.96 Å². The third-order valence-corrected chi connectivity index (χ3v) is 4.19. The maximum atomic E-state index is 11.2. The Kier molecular flexibility index (Phi) is 10.2. The second-order valence-electron chi connectivity index (χ2n) is 6.09. The monoisotopic (exact) mass is 514 g/mol. The first-order valence-corrected chi connectivity index (χ1v) is 8.92. The predicted molar refractivity (Wildman–Crippen MR) is 124 cm³/mol. The number of halogens is 1. The Morgan fingerprint density at radius 1 is 1.17 bits per heavy atom. The highest BCUT2D eigenvalue weighted by atomic mass is 127. The molecular formula is C20H27IN4O4. The average Bonchev–Trinajstić information content (AvgIpc) is 2.71. The molecule has 0 amide bonds. The number of para-hydroxylation sites is 1. The largest absolute Gasteiger partial charge is 0.497 e. The zero-order valence-corrected chi connectivity index (χ0v) is 19.4. The second kappa shape index (κ2) is 12.1. The normalized spacial score (nSPS) is 10.7. The molecule has 0 atom stereocenters. The summed E-state index contributed by atoms with van der Waals surface area (Å²) in [5.74, 6) is 2.10. The van der Waals surface area contributed by atoms with Crippen molar-refractivity contribution in [1.29, 1.82) is 0 Å². The molecule has 29 heavy (non-hydrogen) atoms. The fourth-order valence-electron chi connectivity index (χ4n) is 2.77. The predicted octanol–water partition coefficient (Wildman–Crippen LogP) is 3.83. The number of benzene rings is 2. The quantitative estimate of drug-likeness (QED) is 0.190. The van der Waals surface area contributed by atoms with Crippen LogP contribution in [0.5, 0.6) is 11.5 Å². The summed E-state index contributed by atoms with van der Waals surface area (Å²) in [6.07, 6.45) is 0. The lowest BCUT2D eigenvalue weighted by molar-refractivity contribution is -0.385. The first-order valence-electron chi connectivity index (χ1n) is 8.92. The van der Waals surface area contributed by atoms with Crippen molar-refractivity contribution in [3.63, 3.8) is 0 Å². The van der Waals surface area contributed by atoms with Crippen molar-refractivity contribution in [2.24, 2.45) is 4.99 Å². The standard InChI is InChI=1S/C20H26N4O4.HI/c1-5-21-20(22-13-15-8-6-7-9-18(15)24(25)26)23(2)14-16-10-11-17(27-3)12-19(16)28-4;/h6-12H,5,13-14H2,1-4H3,(H,21,22);1H. The molecule has 1 N–H and O–H groups in total. The van der Waals surface area contributed by atoms with Crippen molar-refractivity contribution >= 4 is 35.6 Å². The Hall–Kier alpha value is -2.56. The van der Waals surface area contributed by atoms with E-state index in [1.54, 1.807) is 32.4 Å². The van der Waals surface area contributed by atoms with E-state index in [2.05, 4.69) is 10.3 Å². The summed E-state index contributed by atoms with van der Waals surface area (Å²) >= 11 is 0. The van der Waals surface area contributed by atoms with E-state index in [4.69, 9.17) is 9.47 Å². The van der Waals surface area contributed by atoms with E-state index in [0.29, 0.717) is 24.6 Å². The number of aliphatic imine (C=N–C) groups is 1. The molecule has 0 aliphatic rings. The smallest absolute Gasteiger partial charge is 0.274 e. The van der Waals surface area contributed by atoms with Gasteiger partial charge < -0.3 is 19.7 Å². The minimum absolute atomic E-state index is 0. The zero-order valence-electron chi connectivity index (χ0n) is 17.0. The Morgan fingerprint density at radius 2 is 1.90 bits per heavy atom. The maximum absolute atomic E-state index is 11.2. The maximum Gasteiger partial charge on any atom is 0.274 e. The highest BCUT2D eigenvalue weighted by molar-refractivity contribution is 14.0. The van der Waals surface area contributed by atoms with Gasteiger partial charge in [0.05, 0.1) is 31.3 Å². The van der Waals surface area contributed by atoms with E-state index in [0.717, 1.165) is 17.1 Å². The van der Waals surface area contributed by atoms with E-state index < -0.39 is 0 Å². The molecule has 0 fully saturated rings. The van der Waals surface area contributed by atoms with Gasteiger partial charge in [-0.05, 0) is 19.1 Å². The lowest BCUT2D eigenvalue weighted by Gasteiger charge is -2.23. The summed E-state index contributed by atoms with van der Waals surface area (Å²) in [5, 5.41) is 14.4. The van der Waals surface area contributed by atoms with Gasteiger partial charge in [0.2, 0.25) is 0 Å². The zero-order chi connectivity index (χ0) is 20.5. The molecule has 0 unspecified atom stereocenters. The molecule has 0 heterocycles. The van der Waals surface area contributed by atoms with Gasteiger partial charge in [-0.1, -0.05) is 18.2 Å². The van der Waals surface area contributed by atoms with Crippen molar-refractivity contribution in [2.75, 3.05) is 27.8 Å². The number of hydrogen-bond donors (Lipinski definition) is 1. The number of nitrogens with one attached hydrogen (secondary N) is 1. The molecule has 0 saturated carbocycles. The van der Waals surface area contributed by atoms with Gasteiger partial charge >= 0.3 is 0 Å². The molecule has 0 radical (unpaired) electrons. The first kappa shape index (κ1) is 24.5. The molecule has 0 aliphatic carbocycles. The molecule has 0 saturated heterocycles. The summed E-state index contributed by atoms with van der Waals surface area (Å²) < 4.78 is 10.7. The van der Waals surface area contributed by atoms with Gasteiger partial charge in [-0.25, -0.2) is 4.99 Å². The van der Waals surface area contributed by atoms with Gasteiger partial charge in [-0.15, -0.1) is 24.0 Å². The molecular weight excluding hydrogens is 487 g/mol. The first-order chi connectivity index (χ1) is 13.5. The number of nitro groups is 1. The van der Waals surface area contributed by atoms with Crippen molar-refractivity contribution < 1.29 is 14.4 Å². The van der Waals surface area contributed by atoms with Gasteiger partial charge in [0.25, 0.3) is 5.69 Å². The summed E-state index contributed by atoms with van der Waals surface area (Å²) in [6.45, 7) is 3.42. The lowest BCUT2D eigenvalue weighted by Crippen LogP contribution is -2.38. The van der Waals surface area contributed by atoms with Gasteiger partial charge in [-0.3, -0.25) is 10.1 Å². The van der Waals surface area contributed by atoms with Crippen molar-refractivity contribution in [3.05, 3.63) is 63.7 Å². The van der Waals surface area contributed by atoms with Crippen LogP contribution in [0.25, 0.3) is 0 Å². The molecule has 2 rings (SSSR count). The number of nitro benzene ring substituents is 1. The van der Waals surface area contributed by atoms with E-state index >= 15 is 0 Å². The number of hydrogen-bond acceptors (Lipinski definition) is 5. The Balaban J connectivity index is 0.00000420. The van der Waals surface area contributed by atoms with Gasteiger partial charge in [-0.2, -0.15) is 0 Å². The van der Waals surface area contributed by atoms with Crippen LogP contribution in [0.3, 0.4) is 0 Å². The molecule has 0 bridgehead atoms. The number of methoxy groups -OCH3 is 2. The van der Waals surface area contributed by atoms with Crippen LogP contribution in [0.15, 0.2) is 47.5 Å². The molecule has 0 aromatic heterocycles. The molecule has 8 nitrogen and oxygen atoms in total. The average molecular weight is 514 g/mol. The summed E-state index contributed by atoms with van der Waals surface area (Å²) in [6, 6.07) is 12.3.